The zero-order valence-corrected chi connectivity index (χ0v) is 11.8. The number of sulfonamides is 1. The van der Waals surface area contributed by atoms with Gasteiger partial charge in [-0.1, -0.05) is 36.5 Å². The molecule has 0 aliphatic carbocycles. The van der Waals surface area contributed by atoms with Crippen LogP contribution < -0.4 is 4.72 Å². The molecule has 100 valence electrons. The summed E-state index contributed by atoms with van der Waals surface area (Å²) in [6.45, 7) is 1.95. The van der Waals surface area contributed by atoms with E-state index in [4.69, 9.17) is 5.11 Å². The topological polar surface area (TPSA) is 79.3 Å². The van der Waals surface area contributed by atoms with Crippen LogP contribution in [-0.4, -0.2) is 30.9 Å². The third-order valence-corrected chi connectivity index (χ3v) is 4.25. The van der Waals surface area contributed by atoms with E-state index in [9.17, 15) is 8.42 Å². The fourth-order valence-corrected chi connectivity index (χ4v) is 3.28. The van der Waals surface area contributed by atoms with Crippen LogP contribution >= 0.6 is 11.3 Å². The van der Waals surface area contributed by atoms with Crippen LogP contribution in [0.3, 0.4) is 0 Å². The lowest BCUT2D eigenvalue weighted by Crippen LogP contribution is -2.16. The Hall–Kier alpha value is -1.10. The molecule has 0 unspecified atom stereocenters. The van der Waals surface area contributed by atoms with E-state index >= 15 is 0 Å². The molecular formula is C11H16N2O3S2. The molecule has 5 nitrogen and oxygen atoms in total. The molecule has 2 N–H and O–H groups in total. The fourth-order valence-electron chi connectivity index (χ4n) is 1.10. The summed E-state index contributed by atoms with van der Waals surface area (Å²) < 4.78 is 25.7. The van der Waals surface area contributed by atoms with Crippen molar-refractivity contribution in [1.82, 2.24) is 4.98 Å². The first kappa shape index (κ1) is 15.0. The second kappa shape index (κ2) is 7.36. The summed E-state index contributed by atoms with van der Waals surface area (Å²) >= 11 is 1.19. The SMILES string of the molecule is CCCCS(=O)(=O)Nc1ncc(C#CCCO)s1. The summed E-state index contributed by atoms with van der Waals surface area (Å²) in [4.78, 5) is 4.63. The van der Waals surface area contributed by atoms with E-state index in [1.807, 2.05) is 6.92 Å². The number of unbranched alkanes of at least 4 members (excludes halogenated alkanes) is 1. The minimum atomic E-state index is -3.30. The van der Waals surface area contributed by atoms with Crippen molar-refractivity contribution in [3.05, 3.63) is 11.1 Å². The molecule has 0 spiro atoms. The van der Waals surface area contributed by atoms with Crippen molar-refractivity contribution in [3.8, 4) is 11.8 Å². The molecule has 0 amide bonds. The number of aliphatic hydroxyl groups is 1. The number of nitrogens with one attached hydrogen (secondary N) is 1. The largest absolute Gasteiger partial charge is 0.395 e. The lowest BCUT2D eigenvalue weighted by molar-refractivity contribution is 0.305. The monoisotopic (exact) mass is 288 g/mol. The standard InChI is InChI=1S/C11H16N2O3S2/c1-2-3-8-18(15,16)13-11-12-9-10(17-11)6-4-5-7-14/h9,14H,2-3,5,7-8H2,1H3,(H,12,13). The highest BCUT2D eigenvalue weighted by atomic mass is 32.2. The van der Waals surface area contributed by atoms with Gasteiger partial charge in [0, 0.05) is 6.42 Å². The van der Waals surface area contributed by atoms with Gasteiger partial charge in [0.05, 0.1) is 23.4 Å². The molecule has 0 atom stereocenters. The molecule has 0 aliphatic heterocycles. The lowest BCUT2D eigenvalue weighted by Gasteiger charge is -2.02. The maximum atomic E-state index is 11.6. The summed E-state index contributed by atoms with van der Waals surface area (Å²) in [7, 11) is -3.30. The molecule has 0 bridgehead atoms. The van der Waals surface area contributed by atoms with Gasteiger partial charge in [-0.25, -0.2) is 13.4 Å². The van der Waals surface area contributed by atoms with E-state index in [0.717, 1.165) is 6.42 Å². The molecule has 0 aromatic carbocycles. The fraction of sp³-hybridized carbons (Fsp3) is 0.545. The first-order valence-electron chi connectivity index (χ1n) is 5.63. The van der Waals surface area contributed by atoms with Crippen molar-refractivity contribution < 1.29 is 13.5 Å². The number of aromatic nitrogens is 1. The Morgan fingerprint density at radius 2 is 2.33 bits per heavy atom. The maximum absolute atomic E-state index is 11.6. The quantitative estimate of drug-likeness (QED) is 0.776. The number of anilines is 1. The van der Waals surface area contributed by atoms with Gasteiger partial charge in [-0.2, -0.15) is 0 Å². The molecule has 1 aromatic rings. The van der Waals surface area contributed by atoms with Crippen LogP contribution in [0.5, 0.6) is 0 Å². The van der Waals surface area contributed by atoms with Gasteiger partial charge in [-0.3, -0.25) is 4.72 Å². The Bertz CT molecular complexity index is 526. The Morgan fingerprint density at radius 3 is 3.00 bits per heavy atom. The number of thiazole rings is 1. The number of hydrogen-bond acceptors (Lipinski definition) is 5. The third kappa shape index (κ3) is 5.49. The number of hydrogen-bond donors (Lipinski definition) is 2. The Balaban J connectivity index is 2.62. The second-order valence-electron chi connectivity index (χ2n) is 3.58. The molecule has 0 saturated heterocycles. The summed E-state index contributed by atoms with van der Waals surface area (Å²) in [6.07, 6.45) is 3.38. The predicted octanol–water partition coefficient (Wildman–Crippen LogP) is 1.42. The van der Waals surface area contributed by atoms with Crippen LogP contribution in [0.4, 0.5) is 5.13 Å². The van der Waals surface area contributed by atoms with E-state index < -0.39 is 10.0 Å². The Morgan fingerprint density at radius 1 is 1.56 bits per heavy atom. The van der Waals surface area contributed by atoms with E-state index in [1.165, 1.54) is 17.5 Å². The summed E-state index contributed by atoms with van der Waals surface area (Å²) in [5.74, 6) is 5.67. The van der Waals surface area contributed by atoms with Crippen molar-refractivity contribution in [3.63, 3.8) is 0 Å². The van der Waals surface area contributed by atoms with Crippen LogP contribution in [0.1, 0.15) is 31.1 Å². The highest BCUT2D eigenvalue weighted by molar-refractivity contribution is 7.92. The Labute approximate surface area is 111 Å². The predicted molar refractivity (Wildman–Crippen MR) is 73.0 cm³/mol. The molecule has 0 saturated carbocycles. The summed E-state index contributed by atoms with van der Waals surface area (Å²) in [6, 6.07) is 0. The van der Waals surface area contributed by atoms with Gasteiger partial charge in [0.2, 0.25) is 10.0 Å². The van der Waals surface area contributed by atoms with Crippen molar-refractivity contribution in [2.75, 3.05) is 17.1 Å². The minimum Gasteiger partial charge on any atom is -0.395 e. The maximum Gasteiger partial charge on any atom is 0.234 e. The smallest absolute Gasteiger partial charge is 0.234 e. The third-order valence-electron chi connectivity index (χ3n) is 1.96. The molecule has 1 aromatic heterocycles. The van der Waals surface area contributed by atoms with Crippen LogP contribution in [0.15, 0.2) is 6.20 Å². The van der Waals surface area contributed by atoms with E-state index in [0.29, 0.717) is 22.9 Å². The van der Waals surface area contributed by atoms with Gasteiger partial charge < -0.3 is 5.11 Å². The van der Waals surface area contributed by atoms with Gasteiger partial charge in [0.25, 0.3) is 0 Å². The highest BCUT2D eigenvalue weighted by Crippen LogP contribution is 2.18. The molecule has 1 heterocycles. The van der Waals surface area contributed by atoms with Crippen LogP contribution in [0, 0.1) is 11.8 Å². The average molecular weight is 288 g/mol. The number of aliphatic hydroxyl groups excluding tert-OH is 1. The van der Waals surface area contributed by atoms with E-state index in [2.05, 4.69) is 21.5 Å². The lowest BCUT2D eigenvalue weighted by atomic mass is 10.4. The average Bonchev–Trinajstić information content (AvgIpc) is 2.74. The van der Waals surface area contributed by atoms with Gasteiger partial charge in [-0.15, -0.1) is 0 Å². The normalized spacial score (nSPS) is 10.8. The Kier molecular flexibility index (Phi) is 6.12. The molecule has 0 fully saturated rings. The number of nitrogens with zero attached hydrogens (tertiary/aromatic N) is 1. The van der Waals surface area contributed by atoms with Crippen molar-refractivity contribution in [2.24, 2.45) is 0 Å². The first-order chi connectivity index (χ1) is 8.57. The van der Waals surface area contributed by atoms with Gasteiger partial charge >= 0.3 is 0 Å². The number of rotatable bonds is 6. The van der Waals surface area contributed by atoms with E-state index in [-0.39, 0.29) is 12.4 Å². The van der Waals surface area contributed by atoms with E-state index in [1.54, 1.807) is 0 Å². The van der Waals surface area contributed by atoms with Crippen LogP contribution in [0.2, 0.25) is 0 Å². The highest BCUT2D eigenvalue weighted by Gasteiger charge is 2.11. The minimum absolute atomic E-state index is 0.0162. The van der Waals surface area contributed by atoms with Crippen LogP contribution in [-0.2, 0) is 10.0 Å². The van der Waals surface area contributed by atoms with Crippen molar-refractivity contribution in [1.29, 1.82) is 0 Å². The van der Waals surface area contributed by atoms with Crippen molar-refractivity contribution >= 4 is 26.5 Å². The zero-order chi connectivity index (χ0) is 13.4. The van der Waals surface area contributed by atoms with Crippen LogP contribution in [0.25, 0.3) is 0 Å². The molecule has 1 rings (SSSR count). The molecular weight excluding hydrogens is 272 g/mol. The molecule has 7 heteroatoms. The molecule has 0 radical (unpaired) electrons. The van der Waals surface area contributed by atoms with Gasteiger partial charge in [0.15, 0.2) is 5.13 Å². The van der Waals surface area contributed by atoms with Gasteiger partial charge in [-0.05, 0) is 6.42 Å². The van der Waals surface area contributed by atoms with Crippen molar-refractivity contribution in [2.45, 2.75) is 26.2 Å². The first-order valence-corrected chi connectivity index (χ1v) is 8.10. The molecule has 0 aliphatic rings. The van der Waals surface area contributed by atoms with Gasteiger partial charge in [0.1, 0.15) is 0 Å². The zero-order valence-electron chi connectivity index (χ0n) is 10.1. The summed E-state index contributed by atoms with van der Waals surface area (Å²) in [5.41, 5.74) is 0. The molecule has 18 heavy (non-hydrogen) atoms. The summed E-state index contributed by atoms with van der Waals surface area (Å²) in [5, 5.41) is 8.91. The second-order valence-corrected chi connectivity index (χ2v) is 6.45.